The van der Waals surface area contributed by atoms with E-state index in [1.54, 1.807) is 24.3 Å². The van der Waals surface area contributed by atoms with Crippen LogP contribution in [0.1, 0.15) is 42.6 Å². The highest BCUT2D eigenvalue weighted by Gasteiger charge is 2.22. The Morgan fingerprint density at radius 2 is 1.74 bits per heavy atom. The summed E-state index contributed by atoms with van der Waals surface area (Å²) < 4.78 is 25.5. The minimum Gasteiger partial charge on any atom is -0.324 e. The Labute approximate surface area is 160 Å². The Balaban J connectivity index is 2.29. The fraction of sp³-hybridized carbons (Fsp3) is 0.300. The first kappa shape index (κ1) is 20.6. The number of Topliss-reactive ketones (excluding diaryl/α,β-unsaturated/α-hetero) is 1. The van der Waals surface area contributed by atoms with Gasteiger partial charge in [-0.2, -0.15) is 0 Å². The van der Waals surface area contributed by atoms with Crippen molar-refractivity contribution >= 4 is 33.1 Å². The molecule has 6 nitrogen and oxygen atoms in total. The van der Waals surface area contributed by atoms with Crippen molar-refractivity contribution in [3.63, 3.8) is 0 Å². The van der Waals surface area contributed by atoms with E-state index in [-0.39, 0.29) is 23.9 Å². The number of para-hydroxylation sites is 1. The molecule has 144 valence electrons. The monoisotopic (exact) mass is 388 g/mol. The van der Waals surface area contributed by atoms with Gasteiger partial charge in [-0.15, -0.1) is 0 Å². The van der Waals surface area contributed by atoms with Crippen LogP contribution in [0.2, 0.25) is 0 Å². The molecule has 0 heterocycles. The van der Waals surface area contributed by atoms with Crippen LogP contribution in [0.25, 0.3) is 0 Å². The van der Waals surface area contributed by atoms with Crippen molar-refractivity contribution in [3.05, 3.63) is 59.7 Å². The van der Waals surface area contributed by atoms with Crippen molar-refractivity contribution in [2.75, 3.05) is 22.4 Å². The number of carbonyl (C=O) groups excluding carboxylic acids is 2. The molecule has 2 aromatic carbocycles. The van der Waals surface area contributed by atoms with Gasteiger partial charge in [-0.25, -0.2) is 8.42 Å². The molecule has 0 atom stereocenters. The van der Waals surface area contributed by atoms with Crippen LogP contribution >= 0.6 is 0 Å². The lowest BCUT2D eigenvalue weighted by Crippen LogP contribution is -2.37. The molecule has 0 spiro atoms. The molecule has 0 aromatic heterocycles. The van der Waals surface area contributed by atoms with Crippen molar-refractivity contribution in [2.24, 2.45) is 0 Å². The van der Waals surface area contributed by atoms with E-state index in [2.05, 4.69) is 5.32 Å². The van der Waals surface area contributed by atoms with Crippen molar-refractivity contribution in [3.8, 4) is 0 Å². The van der Waals surface area contributed by atoms with E-state index in [1.165, 1.54) is 13.0 Å². The Hall–Kier alpha value is -2.67. The lowest BCUT2D eigenvalue weighted by Gasteiger charge is -2.23. The lowest BCUT2D eigenvalue weighted by atomic mass is 10.0. The van der Waals surface area contributed by atoms with Crippen LogP contribution in [0.5, 0.6) is 0 Å². The number of benzene rings is 2. The predicted octanol–water partition coefficient (Wildman–Crippen LogP) is 3.42. The van der Waals surface area contributed by atoms with Gasteiger partial charge < -0.3 is 5.32 Å². The predicted molar refractivity (Wildman–Crippen MR) is 108 cm³/mol. The number of carbonyl (C=O) groups is 2. The first-order valence-corrected chi connectivity index (χ1v) is 10.4. The molecule has 0 saturated heterocycles. The number of nitrogens with zero attached hydrogens (tertiary/aromatic N) is 1. The molecule has 0 unspecified atom stereocenters. The van der Waals surface area contributed by atoms with E-state index < -0.39 is 15.9 Å². The van der Waals surface area contributed by atoms with Crippen molar-refractivity contribution in [1.82, 2.24) is 0 Å². The van der Waals surface area contributed by atoms with Gasteiger partial charge in [0.05, 0.1) is 11.9 Å². The Kier molecular flexibility index (Phi) is 6.38. The fourth-order valence-corrected chi connectivity index (χ4v) is 3.56. The molecular weight excluding hydrogens is 364 g/mol. The third-order valence-electron chi connectivity index (χ3n) is 4.09. The first-order chi connectivity index (χ1) is 12.6. The number of hydrogen-bond acceptors (Lipinski definition) is 4. The highest BCUT2D eigenvalue weighted by molar-refractivity contribution is 7.92. The number of anilines is 2. The number of amides is 1. The van der Waals surface area contributed by atoms with Gasteiger partial charge in [0.15, 0.2) is 5.78 Å². The highest BCUT2D eigenvalue weighted by atomic mass is 32.2. The summed E-state index contributed by atoms with van der Waals surface area (Å²) in [5.41, 5.74) is 2.28. The molecule has 0 aliphatic heterocycles. The van der Waals surface area contributed by atoms with Crippen LogP contribution in [-0.4, -0.2) is 32.9 Å². The maximum Gasteiger partial charge on any atom is 0.245 e. The maximum absolute atomic E-state index is 12.6. The summed E-state index contributed by atoms with van der Waals surface area (Å²) in [5, 5.41) is 2.79. The summed E-state index contributed by atoms with van der Waals surface area (Å²) in [6.45, 7) is 5.05. The molecule has 0 aliphatic carbocycles. The summed E-state index contributed by atoms with van der Waals surface area (Å²) >= 11 is 0. The van der Waals surface area contributed by atoms with Crippen LogP contribution in [0.4, 0.5) is 11.4 Å². The highest BCUT2D eigenvalue weighted by Crippen LogP contribution is 2.24. The van der Waals surface area contributed by atoms with Crippen LogP contribution in [-0.2, 0) is 14.8 Å². The topological polar surface area (TPSA) is 83.6 Å². The fourth-order valence-electron chi connectivity index (χ4n) is 2.71. The number of nitrogens with one attached hydrogen (secondary N) is 1. The molecule has 2 rings (SSSR count). The molecule has 7 heteroatoms. The summed E-state index contributed by atoms with van der Waals surface area (Å²) in [6, 6.07) is 13.6. The average molecular weight is 388 g/mol. The largest absolute Gasteiger partial charge is 0.324 e. The number of rotatable bonds is 7. The molecule has 0 bridgehead atoms. The first-order valence-electron chi connectivity index (χ1n) is 8.57. The number of hydrogen-bond donors (Lipinski definition) is 1. The van der Waals surface area contributed by atoms with Crippen LogP contribution in [0.15, 0.2) is 48.5 Å². The number of ketones is 1. The van der Waals surface area contributed by atoms with Crippen LogP contribution in [0, 0.1) is 0 Å². The smallest absolute Gasteiger partial charge is 0.245 e. The lowest BCUT2D eigenvalue weighted by molar-refractivity contribution is -0.114. The zero-order valence-corrected chi connectivity index (χ0v) is 16.7. The second-order valence-electron chi connectivity index (χ2n) is 6.67. The van der Waals surface area contributed by atoms with Gasteiger partial charge in [0.2, 0.25) is 15.9 Å². The van der Waals surface area contributed by atoms with E-state index in [1.807, 2.05) is 32.0 Å². The van der Waals surface area contributed by atoms with Crippen LogP contribution < -0.4 is 9.62 Å². The van der Waals surface area contributed by atoms with Gasteiger partial charge in [0.1, 0.15) is 6.54 Å². The zero-order chi connectivity index (χ0) is 20.2. The van der Waals surface area contributed by atoms with Gasteiger partial charge in [-0.1, -0.05) is 44.2 Å². The maximum atomic E-state index is 12.6. The Bertz CT molecular complexity index is 952. The number of sulfonamides is 1. The van der Waals surface area contributed by atoms with Crippen molar-refractivity contribution in [1.29, 1.82) is 0 Å². The quantitative estimate of drug-likeness (QED) is 0.737. The van der Waals surface area contributed by atoms with E-state index in [4.69, 9.17) is 0 Å². The van der Waals surface area contributed by atoms with Gasteiger partial charge in [0.25, 0.3) is 0 Å². The van der Waals surface area contributed by atoms with Crippen molar-refractivity contribution in [2.45, 2.75) is 26.7 Å². The molecule has 27 heavy (non-hydrogen) atoms. The second kappa shape index (κ2) is 8.35. The van der Waals surface area contributed by atoms with Crippen LogP contribution in [0.3, 0.4) is 0 Å². The third kappa shape index (κ3) is 5.40. The molecule has 0 saturated carbocycles. The zero-order valence-electron chi connectivity index (χ0n) is 15.9. The molecule has 1 N–H and O–H groups in total. The van der Waals surface area contributed by atoms with Gasteiger partial charge >= 0.3 is 0 Å². The van der Waals surface area contributed by atoms with E-state index in [9.17, 15) is 18.0 Å². The minimum absolute atomic E-state index is 0.180. The minimum atomic E-state index is -3.71. The summed E-state index contributed by atoms with van der Waals surface area (Å²) in [7, 11) is -3.71. The standard InChI is InChI=1S/C20H24N2O4S/c1-14(2)18-10-5-6-11-19(18)21-20(24)13-22(27(4,25)26)17-9-7-8-16(12-17)15(3)23/h5-12,14H,13H2,1-4H3,(H,21,24). The average Bonchev–Trinajstić information content (AvgIpc) is 2.59. The Morgan fingerprint density at radius 3 is 2.33 bits per heavy atom. The Morgan fingerprint density at radius 1 is 1.07 bits per heavy atom. The molecule has 0 fully saturated rings. The molecule has 0 aliphatic rings. The third-order valence-corrected chi connectivity index (χ3v) is 5.23. The molecule has 0 radical (unpaired) electrons. The normalized spacial score (nSPS) is 11.3. The SMILES string of the molecule is CC(=O)c1cccc(N(CC(=O)Nc2ccccc2C(C)C)S(C)(=O)=O)c1. The molecule has 1 amide bonds. The second-order valence-corrected chi connectivity index (χ2v) is 8.57. The van der Waals surface area contributed by atoms with Gasteiger partial charge in [-0.05, 0) is 36.6 Å². The van der Waals surface area contributed by atoms with E-state index >= 15 is 0 Å². The van der Waals surface area contributed by atoms with Gasteiger partial charge in [-0.3, -0.25) is 13.9 Å². The van der Waals surface area contributed by atoms with Crippen molar-refractivity contribution < 1.29 is 18.0 Å². The summed E-state index contributed by atoms with van der Waals surface area (Å²) in [5.74, 6) is -0.429. The van der Waals surface area contributed by atoms with Gasteiger partial charge in [0, 0.05) is 11.3 Å². The summed E-state index contributed by atoms with van der Waals surface area (Å²) in [4.78, 5) is 24.1. The molecule has 2 aromatic rings. The summed E-state index contributed by atoms with van der Waals surface area (Å²) in [6.07, 6.45) is 1.03. The molecular formula is C20H24N2O4S. The van der Waals surface area contributed by atoms with E-state index in [0.29, 0.717) is 11.3 Å². The van der Waals surface area contributed by atoms with E-state index in [0.717, 1.165) is 16.1 Å².